The van der Waals surface area contributed by atoms with E-state index in [1.807, 2.05) is 6.07 Å². The molecule has 1 aromatic rings. The fraction of sp³-hybridized carbons (Fsp3) is 0.727. The molecule has 0 aromatic heterocycles. The number of hydrogen-bond donors (Lipinski definition) is 0. The second kappa shape index (κ2) is 16.4. The van der Waals surface area contributed by atoms with Crippen molar-refractivity contribution in [3.8, 4) is 0 Å². The fourth-order valence-corrected chi connectivity index (χ4v) is 3.81. The van der Waals surface area contributed by atoms with Crippen molar-refractivity contribution < 1.29 is 12.8 Å². The van der Waals surface area contributed by atoms with Gasteiger partial charge in [-0.05, 0) is 18.6 Å². The van der Waals surface area contributed by atoms with Crippen molar-refractivity contribution in [3.05, 3.63) is 30.3 Å². The van der Waals surface area contributed by atoms with Gasteiger partial charge in [0.05, 0.1) is 11.5 Å². The standard InChI is InChI=1S/C22H37FO2S/c1-2-3-4-5-6-7-8-9-10-11-12-14-17-21(23)20-25-26(24)22-18-15-13-16-19-22/h13,15-16,18-19,21H,2-12,14,17,20H2,1H3. The van der Waals surface area contributed by atoms with E-state index in [2.05, 4.69) is 6.92 Å². The molecule has 1 rings (SSSR count). The first-order valence-corrected chi connectivity index (χ1v) is 11.6. The number of rotatable bonds is 17. The molecule has 0 aliphatic heterocycles. The summed E-state index contributed by atoms with van der Waals surface area (Å²) >= 11 is -1.56. The van der Waals surface area contributed by atoms with Gasteiger partial charge in [-0.2, -0.15) is 0 Å². The summed E-state index contributed by atoms with van der Waals surface area (Å²) in [7, 11) is 0. The summed E-state index contributed by atoms with van der Waals surface area (Å²) in [6.07, 6.45) is 14.8. The first kappa shape index (κ1) is 23.3. The van der Waals surface area contributed by atoms with Crippen LogP contribution in [0.3, 0.4) is 0 Å². The zero-order valence-corrected chi connectivity index (χ0v) is 17.3. The van der Waals surface area contributed by atoms with E-state index >= 15 is 0 Å². The van der Waals surface area contributed by atoms with E-state index < -0.39 is 17.3 Å². The molecule has 0 radical (unpaired) electrons. The lowest BCUT2D eigenvalue weighted by atomic mass is 10.0. The van der Waals surface area contributed by atoms with Gasteiger partial charge >= 0.3 is 0 Å². The smallest absolute Gasteiger partial charge is 0.189 e. The Morgan fingerprint density at radius 3 is 1.88 bits per heavy atom. The maximum absolute atomic E-state index is 13.8. The van der Waals surface area contributed by atoms with Crippen molar-refractivity contribution >= 4 is 11.1 Å². The Kier molecular flexibility index (Phi) is 14.7. The molecular formula is C22H37FO2S. The molecule has 0 spiro atoms. The van der Waals surface area contributed by atoms with E-state index in [1.165, 1.54) is 64.2 Å². The van der Waals surface area contributed by atoms with E-state index in [4.69, 9.17) is 4.18 Å². The number of alkyl halides is 1. The number of halogens is 1. The summed E-state index contributed by atoms with van der Waals surface area (Å²) < 4.78 is 30.8. The largest absolute Gasteiger partial charge is 0.284 e. The average Bonchev–Trinajstić information content (AvgIpc) is 2.67. The lowest BCUT2D eigenvalue weighted by molar-refractivity contribution is 0.197. The summed E-state index contributed by atoms with van der Waals surface area (Å²) in [6, 6.07) is 8.92. The summed E-state index contributed by atoms with van der Waals surface area (Å²) in [5.74, 6) is 0. The van der Waals surface area contributed by atoms with Crippen LogP contribution in [0.4, 0.5) is 4.39 Å². The van der Waals surface area contributed by atoms with Crippen molar-refractivity contribution in [3.63, 3.8) is 0 Å². The minimum absolute atomic E-state index is 0.0838. The van der Waals surface area contributed by atoms with Gasteiger partial charge in [0, 0.05) is 0 Å². The van der Waals surface area contributed by atoms with Crippen LogP contribution >= 0.6 is 0 Å². The normalized spacial score (nSPS) is 13.6. The van der Waals surface area contributed by atoms with E-state index in [0.29, 0.717) is 11.3 Å². The van der Waals surface area contributed by atoms with Gasteiger partial charge in [0.2, 0.25) is 0 Å². The minimum Gasteiger partial charge on any atom is -0.284 e. The molecule has 0 N–H and O–H groups in total. The van der Waals surface area contributed by atoms with Crippen LogP contribution in [-0.4, -0.2) is 17.0 Å². The Labute approximate surface area is 162 Å². The molecule has 0 saturated heterocycles. The highest BCUT2D eigenvalue weighted by molar-refractivity contribution is 7.80. The van der Waals surface area contributed by atoms with Crippen LogP contribution in [0.5, 0.6) is 0 Å². The molecule has 150 valence electrons. The molecule has 2 nitrogen and oxygen atoms in total. The zero-order valence-electron chi connectivity index (χ0n) is 16.5. The van der Waals surface area contributed by atoms with Crippen LogP contribution in [0.15, 0.2) is 35.2 Å². The SMILES string of the molecule is CCCCCCCCCCCCCCC(F)COS(=O)c1ccccc1. The number of hydrogen-bond acceptors (Lipinski definition) is 2. The third kappa shape index (κ3) is 12.6. The summed E-state index contributed by atoms with van der Waals surface area (Å²) in [4.78, 5) is 0.588. The van der Waals surface area contributed by atoms with Crippen molar-refractivity contribution in [2.75, 3.05) is 6.61 Å². The van der Waals surface area contributed by atoms with Crippen molar-refractivity contribution in [2.45, 2.75) is 101 Å². The monoisotopic (exact) mass is 384 g/mol. The van der Waals surface area contributed by atoms with Gasteiger partial charge in [-0.15, -0.1) is 0 Å². The number of benzene rings is 1. The predicted molar refractivity (Wildman–Crippen MR) is 109 cm³/mol. The van der Waals surface area contributed by atoms with Crippen molar-refractivity contribution in [2.24, 2.45) is 0 Å². The van der Waals surface area contributed by atoms with Crippen molar-refractivity contribution in [1.82, 2.24) is 0 Å². The quantitative estimate of drug-likeness (QED) is 0.266. The van der Waals surface area contributed by atoms with E-state index in [0.717, 1.165) is 12.8 Å². The molecule has 2 atom stereocenters. The highest BCUT2D eigenvalue weighted by Gasteiger charge is 2.10. The van der Waals surface area contributed by atoms with Gasteiger partial charge in [-0.25, -0.2) is 8.60 Å². The molecule has 0 heterocycles. The molecule has 0 aliphatic carbocycles. The van der Waals surface area contributed by atoms with Crippen molar-refractivity contribution in [1.29, 1.82) is 0 Å². The molecule has 26 heavy (non-hydrogen) atoms. The first-order chi connectivity index (χ1) is 12.7. The molecule has 1 aromatic carbocycles. The summed E-state index contributed by atoms with van der Waals surface area (Å²) in [6.45, 7) is 2.17. The second-order valence-corrected chi connectivity index (χ2v) is 8.28. The average molecular weight is 385 g/mol. The lowest BCUT2D eigenvalue weighted by Gasteiger charge is -2.08. The predicted octanol–water partition coefficient (Wildman–Crippen LogP) is 7.16. The molecule has 4 heteroatoms. The Morgan fingerprint density at radius 2 is 1.35 bits per heavy atom. The maximum atomic E-state index is 13.8. The van der Waals surface area contributed by atoms with Crippen LogP contribution in [0, 0.1) is 0 Å². The van der Waals surface area contributed by atoms with Gasteiger partial charge < -0.3 is 0 Å². The summed E-state index contributed by atoms with van der Waals surface area (Å²) in [5, 5.41) is 0. The van der Waals surface area contributed by atoms with Gasteiger partial charge in [0.1, 0.15) is 6.17 Å². The topological polar surface area (TPSA) is 26.3 Å². The van der Waals surface area contributed by atoms with Gasteiger partial charge in [0.15, 0.2) is 11.1 Å². The molecule has 2 unspecified atom stereocenters. The third-order valence-corrected chi connectivity index (χ3v) is 5.67. The Bertz CT molecular complexity index is 453. The Balaban J connectivity index is 1.88. The minimum atomic E-state index is -1.56. The van der Waals surface area contributed by atoms with E-state index in [1.54, 1.807) is 24.3 Å². The van der Waals surface area contributed by atoms with Crippen LogP contribution in [0.2, 0.25) is 0 Å². The third-order valence-electron chi connectivity index (χ3n) is 4.66. The molecule has 0 aliphatic rings. The summed E-state index contributed by atoms with van der Waals surface area (Å²) in [5.41, 5.74) is 0. The van der Waals surface area contributed by atoms with Crippen LogP contribution < -0.4 is 0 Å². The van der Waals surface area contributed by atoms with E-state index in [9.17, 15) is 8.60 Å². The fourth-order valence-electron chi connectivity index (χ4n) is 3.03. The molecule has 0 saturated carbocycles. The van der Waals surface area contributed by atoms with Gasteiger partial charge in [0.25, 0.3) is 0 Å². The maximum Gasteiger partial charge on any atom is 0.189 e. The highest BCUT2D eigenvalue weighted by atomic mass is 32.2. The van der Waals surface area contributed by atoms with Crippen LogP contribution in [0.25, 0.3) is 0 Å². The first-order valence-electron chi connectivity index (χ1n) is 10.5. The Morgan fingerprint density at radius 1 is 0.846 bits per heavy atom. The lowest BCUT2D eigenvalue weighted by Crippen LogP contribution is -2.12. The highest BCUT2D eigenvalue weighted by Crippen LogP contribution is 2.14. The van der Waals surface area contributed by atoms with Crippen LogP contribution in [-0.2, 0) is 15.3 Å². The van der Waals surface area contributed by atoms with Crippen LogP contribution in [0.1, 0.15) is 90.4 Å². The molecule has 0 bridgehead atoms. The van der Waals surface area contributed by atoms with Gasteiger partial charge in [-0.1, -0.05) is 102 Å². The second-order valence-electron chi connectivity index (χ2n) is 7.11. The molecule has 0 amide bonds. The molecule has 0 fully saturated rings. The van der Waals surface area contributed by atoms with Gasteiger partial charge in [-0.3, -0.25) is 4.18 Å². The Hall–Kier alpha value is -0.740. The van der Waals surface area contributed by atoms with E-state index in [-0.39, 0.29) is 6.61 Å². The zero-order chi connectivity index (χ0) is 18.9. The molecular weight excluding hydrogens is 347 g/mol. The number of unbranched alkanes of at least 4 members (excludes halogenated alkanes) is 11.